The third-order valence-corrected chi connectivity index (χ3v) is 4.18. The lowest BCUT2D eigenvalue weighted by Crippen LogP contribution is -2.10. The van der Waals surface area contributed by atoms with Gasteiger partial charge in [-0.05, 0) is 41.4 Å². The third-order valence-electron chi connectivity index (χ3n) is 2.49. The van der Waals surface area contributed by atoms with E-state index in [0.29, 0.717) is 18.2 Å². The molecule has 2 rings (SSSR count). The van der Waals surface area contributed by atoms with Crippen molar-refractivity contribution >= 4 is 39.2 Å². The Balaban J connectivity index is 1.93. The minimum absolute atomic E-state index is 0.132. The van der Waals surface area contributed by atoms with E-state index in [1.807, 2.05) is 6.07 Å². The lowest BCUT2D eigenvalue weighted by atomic mass is 10.2. The predicted octanol–water partition coefficient (Wildman–Crippen LogP) is 2.96. The van der Waals surface area contributed by atoms with Gasteiger partial charge in [0.2, 0.25) is 5.95 Å². The molecule has 100 valence electrons. The monoisotopic (exact) mass is 341 g/mol. The van der Waals surface area contributed by atoms with Crippen LogP contribution >= 0.6 is 27.3 Å². The molecule has 0 bridgehead atoms. The fourth-order valence-electron chi connectivity index (χ4n) is 1.55. The van der Waals surface area contributed by atoms with Crippen molar-refractivity contribution in [3.8, 4) is 0 Å². The summed E-state index contributed by atoms with van der Waals surface area (Å²) in [6.45, 7) is 2.37. The van der Waals surface area contributed by atoms with Gasteiger partial charge in [-0.25, -0.2) is 14.8 Å². The molecular weight excluding hydrogens is 330 g/mol. The molecule has 0 unspecified atom stereocenters. The summed E-state index contributed by atoms with van der Waals surface area (Å²) in [4.78, 5) is 20.2. The molecule has 2 aromatic rings. The standard InChI is InChI=1S/C12H12BrN3O2S/c1-7-9(11(17)18)6-15-12(16-7)14-5-4-8-2-3-10(13)19-8/h2-3,6H,4-5H2,1H3,(H,17,18)(H,14,15,16). The number of rotatable bonds is 5. The Kier molecular flexibility index (Phi) is 4.49. The molecule has 0 amide bonds. The fraction of sp³-hybridized carbons (Fsp3) is 0.250. The number of hydrogen-bond acceptors (Lipinski definition) is 5. The first-order valence-corrected chi connectivity index (χ1v) is 7.22. The van der Waals surface area contributed by atoms with Gasteiger partial charge in [0, 0.05) is 17.6 Å². The van der Waals surface area contributed by atoms with Crippen LogP contribution in [0, 0.1) is 6.92 Å². The van der Waals surface area contributed by atoms with Crippen LogP contribution < -0.4 is 5.32 Å². The number of thiophene rings is 1. The molecule has 0 radical (unpaired) electrons. The van der Waals surface area contributed by atoms with Gasteiger partial charge >= 0.3 is 5.97 Å². The Morgan fingerprint density at radius 1 is 1.53 bits per heavy atom. The van der Waals surface area contributed by atoms with Gasteiger partial charge in [-0.3, -0.25) is 0 Å². The molecule has 7 heteroatoms. The van der Waals surface area contributed by atoms with E-state index in [2.05, 4.69) is 37.3 Å². The van der Waals surface area contributed by atoms with Crippen molar-refractivity contribution in [1.29, 1.82) is 0 Å². The minimum Gasteiger partial charge on any atom is -0.478 e. The second kappa shape index (κ2) is 6.12. The Morgan fingerprint density at radius 2 is 2.32 bits per heavy atom. The van der Waals surface area contributed by atoms with Gasteiger partial charge in [-0.15, -0.1) is 11.3 Å². The first kappa shape index (κ1) is 14.0. The van der Waals surface area contributed by atoms with Crippen LogP contribution in [0.25, 0.3) is 0 Å². The lowest BCUT2D eigenvalue weighted by Gasteiger charge is -2.05. The molecule has 0 aliphatic heterocycles. The molecule has 5 nitrogen and oxygen atoms in total. The Morgan fingerprint density at radius 3 is 2.89 bits per heavy atom. The normalized spacial score (nSPS) is 10.4. The van der Waals surface area contributed by atoms with Crippen LogP contribution in [0.2, 0.25) is 0 Å². The topological polar surface area (TPSA) is 75.1 Å². The first-order valence-electron chi connectivity index (χ1n) is 5.61. The van der Waals surface area contributed by atoms with E-state index in [1.54, 1.807) is 18.3 Å². The van der Waals surface area contributed by atoms with Crippen molar-refractivity contribution in [1.82, 2.24) is 9.97 Å². The molecular formula is C12H12BrN3O2S. The van der Waals surface area contributed by atoms with Crippen LogP contribution in [0.1, 0.15) is 20.9 Å². The zero-order chi connectivity index (χ0) is 13.8. The number of carbonyl (C=O) groups is 1. The van der Waals surface area contributed by atoms with Gasteiger partial charge in [-0.2, -0.15) is 0 Å². The summed E-state index contributed by atoms with van der Waals surface area (Å²) in [6.07, 6.45) is 2.20. The van der Waals surface area contributed by atoms with Gasteiger partial charge in [-0.1, -0.05) is 0 Å². The summed E-state index contributed by atoms with van der Waals surface area (Å²) in [7, 11) is 0. The van der Waals surface area contributed by atoms with Crippen molar-refractivity contribution in [3.63, 3.8) is 0 Å². The minimum atomic E-state index is -1.01. The molecule has 2 heterocycles. The van der Waals surface area contributed by atoms with Crippen molar-refractivity contribution in [3.05, 3.63) is 38.3 Å². The summed E-state index contributed by atoms with van der Waals surface area (Å²) in [5, 5.41) is 12.0. The number of nitrogens with zero attached hydrogens (tertiary/aromatic N) is 2. The average molecular weight is 342 g/mol. The van der Waals surface area contributed by atoms with E-state index in [0.717, 1.165) is 10.2 Å². The van der Waals surface area contributed by atoms with Crippen LogP contribution in [0.4, 0.5) is 5.95 Å². The van der Waals surface area contributed by atoms with E-state index >= 15 is 0 Å². The fourth-order valence-corrected chi connectivity index (χ4v) is 3.03. The number of aromatic carboxylic acids is 1. The highest BCUT2D eigenvalue weighted by Gasteiger charge is 2.09. The molecule has 2 N–H and O–H groups in total. The summed E-state index contributed by atoms with van der Waals surface area (Å²) >= 11 is 5.11. The van der Waals surface area contributed by atoms with Crippen molar-refractivity contribution in [2.24, 2.45) is 0 Å². The number of carboxylic acids is 1. The van der Waals surface area contributed by atoms with Crippen molar-refractivity contribution < 1.29 is 9.90 Å². The highest BCUT2D eigenvalue weighted by molar-refractivity contribution is 9.11. The number of aromatic nitrogens is 2. The zero-order valence-corrected chi connectivity index (χ0v) is 12.6. The van der Waals surface area contributed by atoms with Gasteiger partial charge in [0.1, 0.15) is 0 Å². The van der Waals surface area contributed by atoms with Crippen LogP contribution in [-0.4, -0.2) is 27.6 Å². The zero-order valence-electron chi connectivity index (χ0n) is 10.2. The maximum Gasteiger partial charge on any atom is 0.339 e. The van der Waals surface area contributed by atoms with Crippen LogP contribution in [0.5, 0.6) is 0 Å². The number of nitrogens with one attached hydrogen (secondary N) is 1. The molecule has 19 heavy (non-hydrogen) atoms. The number of halogens is 1. The third kappa shape index (κ3) is 3.74. The van der Waals surface area contributed by atoms with Crippen LogP contribution in [0.15, 0.2) is 22.1 Å². The number of hydrogen-bond donors (Lipinski definition) is 2. The van der Waals surface area contributed by atoms with E-state index in [4.69, 9.17) is 5.11 Å². The van der Waals surface area contributed by atoms with E-state index in [1.165, 1.54) is 11.1 Å². The summed E-state index contributed by atoms with van der Waals surface area (Å²) in [5.41, 5.74) is 0.594. The second-order valence-electron chi connectivity index (χ2n) is 3.88. The molecule has 0 saturated carbocycles. The van der Waals surface area contributed by atoms with Gasteiger partial charge in [0.05, 0.1) is 15.0 Å². The largest absolute Gasteiger partial charge is 0.478 e. The quantitative estimate of drug-likeness (QED) is 0.874. The summed E-state index contributed by atoms with van der Waals surface area (Å²) in [5.74, 6) is -0.550. The molecule has 0 atom stereocenters. The smallest absolute Gasteiger partial charge is 0.339 e. The van der Waals surface area contributed by atoms with Crippen LogP contribution in [-0.2, 0) is 6.42 Å². The van der Waals surface area contributed by atoms with E-state index < -0.39 is 5.97 Å². The highest BCUT2D eigenvalue weighted by atomic mass is 79.9. The molecule has 0 aromatic carbocycles. The Labute approximate surface area is 122 Å². The number of carboxylic acid groups (broad SMARTS) is 1. The summed E-state index contributed by atoms with van der Waals surface area (Å²) in [6, 6.07) is 4.08. The van der Waals surface area contributed by atoms with Gasteiger partial charge in [0.25, 0.3) is 0 Å². The Bertz CT molecular complexity index is 600. The SMILES string of the molecule is Cc1nc(NCCc2ccc(Br)s2)ncc1C(=O)O. The molecule has 0 fully saturated rings. The maximum atomic E-state index is 10.8. The van der Waals surface area contributed by atoms with Crippen LogP contribution in [0.3, 0.4) is 0 Å². The molecule has 0 aliphatic carbocycles. The average Bonchev–Trinajstić information content (AvgIpc) is 2.75. The number of aryl methyl sites for hydroxylation is 1. The Hall–Kier alpha value is -1.47. The predicted molar refractivity (Wildman–Crippen MR) is 77.9 cm³/mol. The van der Waals surface area contributed by atoms with Gasteiger partial charge < -0.3 is 10.4 Å². The molecule has 0 saturated heterocycles. The lowest BCUT2D eigenvalue weighted by molar-refractivity contribution is 0.0695. The highest BCUT2D eigenvalue weighted by Crippen LogP contribution is 2.22. The molecule has 0 spiro atoms. The number of anilines is 1. The van der Waals surface area contributed by atoms with E-state index in [-0.39, 0.29) is 5.56 Å². The van der Waals surface area contributed by atoms with Gasteiger partial charge in [0.15, 0.2) is 0 Å². The summed E-state index contributed by atoms with van der Waals surface area (Å²) < 4.78 is 1.11. The van der Waals surface area contributed by atoms with Crippen molar-refractivity contribution in [2.75, 3.05) is 11.9 Å². The first-order chi connectivity index (χ1) is 9.06. The van der Waals surface area contributed by atoms with E-state index in [9.17, 15) is 4.79 Å². The molecule has 0 aliphatic rings. The maximum absolute atomic E-state index is 10.8. The second-order valence-corrected chi connectivity index (χ2v) is 6.43. The molecule has 2 aromatic heterocycles. The van der Waals surface area contributed by atoms with Crippen molar-refractivity contribution in [2.45, 2.75) is 13.3 Å².